The first kappa shape index (κ1) is 18.5. The van der Waals surface area contributed by atoms with Gasteiger partial charge < -0.3 is 15.0 Å². The van der Waals surface area contributed by atoms with Gasteiger partial charge in [0.1, 0.15) is 0 Å². The summed E-state index contributed by atoms with van der Waals surface area (Å²) in [6.45, 7) is 3.74. The Balaban J connectivity index is 2.64. The summed E-state index contributed by atoms with van der Waals surface area (Å²) in [4.78, 5) is 26.7. The van der Waals surface area contributed by atoms with Crippen molar-refractivity contribution in [1.82, 2.24) is 10.2 Å². The van der Waals surface area contributed by atoms with Crippen LogP contribution in [0, 0.1) is 0 Å². The number of benzene rings is 1. The zero-order chi connectivity index (χ0) is 16.4. The molecule has 5 nitrogen and oxygen atoms in total. The van der Waals surface area contributed by atoms with Crippen LogP contribution in [0.3, 0.4) is 0 Å². The third-order valence-corrected chi connectivity index (χ3v) is 4.08. The molecule has 0 atom stereocenters. The number of ether oxygens (including phenoxy) is 1. The highest BCUT2D eigenvalue weighted by atomic mass is 32.2. The van der Waals surface area contributed by atoms with Crippen molar-refractivity contribution in [3.8, 4) is 0 Å². The summed E-state index contributed by atoms with van der Waals surface area (Å²) in [5.41, 5.74) is 0.646. The molecule has 0 aromatic heterocycles. The van der Waals surface area contributed by atoms with Crippen molar-refractivity contribution in [3.63, 3.8) is 0 Å². The van der Waals surface area contributed by atoms with Crippen molar-refractivity contribution >= 4 is 23.6 Å². The Morgan fingerprint density at radius 1 is 1.32 bits per heavy atom. The van der Waals surface area contributed by atoms with Gasteiger partial charge in [-0.15, -0.1) is 11.8 Å². The molecule has 0 spiro atoms. The van der Waals surface area contributed by atoms with Gasteiger partial charge in [-0.2, -0.15) is 0 Å². The highest BCUT2D eigenvalue weighted by molar-refractivity contribution is 8.00. The summed E-state index contributed by atoms with van der Waals surface area (Å²) in [6, 6.07) is 7.40. The lowest BCUT2D eigenvalue weighted by Gasteiger charge is -2.18. The van der Waals surface area contributed by atoms with E-state index in [2.05, 4.69) is 5.32 Å². The molecule has 1 rings (SSSR count). The van der Waals surface area contributed by atoms with Crippen molar-refractivity contribution in [1.29, 1.82) is 0 Å². The molecule has 0 fully saturated rings. The van der Waals surface area contributed by atoms with Gasteiger partial charge in [0.05, 0.1) is 17.9 Å². The maximum absolute atomic E-state index is 12.4. The van der Waals surface area contributed by atoms with Gasteiger partial charge in [-0.05, 0) is 18.6 Å². The Hall–Kier alpha value is -1.53. The van der Waals surface area contributed by atoms with Gasteiger partial charge in [0.25, 0.3) is 5.91 Å². The number of methoxy groups -OCH3 is 1. The molecule has 0 heterocycles. The minimum Gasteiger partial charge on any atom is -0.383 e. The maximum atomic E-state index is 12.4. The molecule has 0 saturated carbocycles. The average Bonchev–Trinajstić information content (AvgIpc) is 2.53. The predicted octanol–water partition coefficient (Wildman–Crippen LogP) is 2.02. The van der Waals surface area contributed by atoms with Crippen molar-refractivity contribution in [2.45, 2.75) is 18.2 Å². The minimum atomic E-state index is -0.0637. The third-order valence-electron chi connectivity index (χ3n) is 3.01. The Kier molecular flexibility index (Phi) is 8.62. The molecule has 1 aromatic rings. The molecule has 0 saturated heterocycles. The van der Waals surface area contributed by atoms with Crippen LogP contribution in [-0.4, -0.2) is 56.3 Å². The van der Waals surface area contributed by atoms with E-state index >= 15 is 0 Å². The Morgan fingerprint density at radius 2 is 2.05 bits per heavy atom. The number of thioether (sulfide) groups is 1. The number of hydrogen-bond acceptors (Lipinski definition) is 4. The Bertz CT molecular complexity index is 494. The van der Waals surface area contributed by atoms with Gasteiger partial charge in [-0.25, -0.2) is 0 Å². The number of nitrogens with one attached hydrogen (secondary N) is 1. The minimum absolute atomic E-state index is 0.00950. The van der Waals surface area contributed by atoms with E-state index in [1.807, 2.05) is 25.1 Å². The zero-order valence-electron chi connectivity index (χ0n) is 13.4. The van der Waals surface area contributed by atoms with Crippen LogP contribution in [0.25, 0.3) is 0 Å². The number of rotatable bonds is 9. The van der Waals surface area contributed by atoms with Crippen LogP contribution >= 0.6 is 11.8 Å². The number of hydrogen-bond donors (Lipinski definition) is 1. The van der Waals surface area contributed by atoms with Gasteiger partial charge >= 0.3 is 0 Å². The second kappa shape index (κ2) is 10.2. The highest BCUT2D eigenvalue weighted by Gasteiger charge is 2.15. The van der Waals surface area contributed by atoms with Crippen LogP contribution in [0.1, 0.15) is 23.7 Å². The van der Waals surface area contributed by atoms with Crippen LogP contribution in [0.5, 0.6) is 0 Å². The smallest absolute Gasteiger partial charge is 0.254 e. The SMILES string of the molecule is CCCN(C)C(=O)c1ccccc1SCC(=O)NCCOC. The topological polar surface area (TPSA) is 58.6 Å². The third kappa shape index (κ3) is 6.07. The largest absolute Gasteiger partial charge is 0.383 e. The van der Waals surface area contributed by atoms with Crippen LogP contribution in [0.4, 0.5) is 0 Å². The van der Waals surface area contributed by atoms with E-state index in [0.29, 0.717) is 18.7 Å². The Morgan fingerprint density at radius 3 is 2.73 bits per heavy atom. The van der Waals surface area contributed by atoms with Crippen molar-refractivity contribution < 1.29 is 14.3 Å². The molecule has 0 aliphatic heterocycles. The van der Waals surface area contributed by atoms with Crippen LogP contribution in [-0.2, 0) is 9.53 Å². The highest BCUT2D eigenvalue weighted by Crippen LogP contribution is 2.23. The molecule has 1 N–H and O–H groups in total. The van der Waals surface area contributed by atoms with Crippen LogP contribution in [0.15, 0.2) is 29.2 Å². The van der Waals surface area contributed by atoms with E-state index in [-0.39, 0.29) is 17.6 Å². The van der Waals surface area contributed by atoms with Crippen molar-refractivity contribution in [2.24, 2.45) is 0 Å². The summed E-state index contributed by atoms with van der Waals surface area (Å²) in [7, 11) is 3.39. The molecule has 0 unspecified atom stereocenters. The lowest BCUT2D eigenvalue weighted by Crippen LogP contribution is -2.29. The van der Waals surface area contributed by atoms with E-state index in [0.717, 1.165) is 17.9 Å². The molecule has 22 heavy (non-hydrogen) atoms. The molecule has 122 valence electrons. The summed E-state index contributed by atoms with van der Waals surface area (Å²) >= 11 is 1.38. The van der Waals surface area contributed by atoms with E-state index in [1.165, 1.54) is 11.8 Å². The quantitative estimate of drug-likeness (QED) is 0.558. The molecule has 2 amide bonds. The van der Waals surface area contributed by atoms with Gasteiger partial charge in [-0.1, -0.05) is 19.1 Å². The monoisotopic (exact) mass is 324 g/mol. The molecule has 0 bridgehead atoms. The van der Waals surface area contributed by atoms with Gasteiger partial charge in [-0.3, -0.25) is 9.59 Å². The summed E-state index contributed by atoms with van der Waals surface area (Å²) in [5, 5.41) is 2.77. The molecule has 0 aliphatic rings. The molecule has 0 aliphatic carbocycles. The maximum Gasteiger partial charge on any atom is 0.254 e. The van der Waals surface area contributed by atoms with Gasteiger partial charge in [0, 0.05) is 32.1 Å². The molecule has 6 heteroatoms. The number of carbonyl (C=O) groups is 2. The van der Waals surface area contributed by atoms with Gasteiger partial charge in [0.15, 0.2) is 0 Å². The van der Waals surface area contributed by atoms with Crippen molar-refractivity contribution in [2.75, 3.05) is 39.6 Å². The van der Waals surface area contributed by atoms with E-state index in [9.17, 15) is 9.59 Å². The fraction of sp³-hybridized carbons (Fsp3) is 0.500. The lowest BCUT2D eigenvalue weighted by atomic mass is 10.2. The summed E-state index contributed by atoms with van der Waals surface area (Å²) in [5.74, 6) is 0.210. The molecular weight excluding hydrogens is 300 g/mol. The number of nitrogens with zero attached hydrogens (tertiary/aromatic N) is 1. The predicted molar refractivity (Wildman–Crippen MR) is 89.3 cm³/mol. The fourth-order valence-corrected chi connectivity index (χ4v) is 2.77. The second-order valence-electron chi connectivity index (χ2n) is 4.85. The van der Waals surface area contributed by atoms with Gasteiger partial charge in [0.2, 0.25) is 5.91 Å². The molecule has 1 aromatic carbocycles. The Labute approximate surface area is 136 Å². The van der Waals surface area contributed by atoms with Crippen LogP contribution in [0.2, 0.25) is 0 Å². The lowest BCUT2D eigenvalue weighted by molar-refractivity contribution is -0.118. The normalized spacial score (nSPS) is 10.3. The second-order valence-corrected chi connectivity index (χ2v) is 5.87. The number of carbonyl (C=O) groups excluding carboxylic acids is 2. The fourth-order valence-electron chi connectivity index (χ4n) is 1.90. The molecule has 0 radical (unpaired) electrons. The van der Waals surface area contributed by atoms with E-state index in [1.54, 1.807) is 25.1 Å². The van der Waals surface area contributed by atoms with E-state index < -0.39 is 0 Å². The zero-order valence-corrected chi connectivity index (χ0v) is 14.2. The van der Waals surface area contributed by atoms with Crippen LogP contribution < -0.4 is 5.32 Å². The first-order valence-corrected chi connectivity index (χ1v) is 8.31. The summed E-state index contributed by atoms with van der Waals surface area (Å²) in [6.07, 6.45) is 0.916. The average molecular weight is 324 g/mol. The standard InChI is InChI=1S/C16H24N2O3S/c1-4-10-18(2)16(20)13-7-5-6-8-14(13)22-12-15(19)17-9-11-21-3/h5-8H,4,9-12H2,1-3H3,(H,17,19). The molecular formula is C16H24N2O3S. The first-order valence-electron chi connectivity index (χ1n) is 7.33. The van der Waals surface area contributed by atoms with E-state index in [4.69, 9.17) is 4.74 Å². The summed E-state index contributed by atoms with van der Waals surface area (Å²) < 4.78 is 4.88. The number of amides is 2. The first-order chi connectivity index (χ1) is 10.6. The van der Waals surface area contributed by atoms with Crippen molar-refractivity contribution in [3.05, 3.63) is 29.8 Å².